The summed E-state index contributed by atoms with van der Waals surface area (Å²) < 4.78 is 2.26. The van der Waals surface area contributed by atoms with Gasteiger partial charge in [-0.2, -0.15) is 5.26 Å². The Kier molecular flexibility index (Phi) is 3.09. The highest BCUT2D eigenvalue weighted by Gasteiger charge is 2.43. The highest BCUT2D eigenvalue weighted by Crippen LogP contribution is 2.41. The standard InChI is InChI=1S/C16H18N4S/c17-11-16(19-12-3-4-12)6-5-13(10-16)20-8-7-18-15(20)14-2-1-9-21-14/h1-2,7-9,12-13,19H,3-6,10H2. The summed E-state index contributed by atoms with van der Waals surface area (Å²) in [6.07, 6.45) is 9.24. The third-order valence-electron chi connectivity index (χ3n) is 4.56. The van der Waals surface area contributed by atoms with Crippen LogP contribution in [0.5, 0.6) is 0 Å². The number of hydrogen-bond acceptors (Lipinski definition) is 4. The van der Waals surface area contributed by atoms with Gasteiger partial charge < -0.3 is 4.57 Å². The van der Waals surface area contributed by atoms with E-state index in [0.29, 0.717) is 12.1 Å². The van der Waals surface area contributed by atoms with Gasteiger partial charge in [0.15, 0.2) is 0 Å². The first-order valence-electron chi connectivity index (χ1n) is 7.55. The zero-order valence-electron chi connectivity index (χ0n) is 11.8. The van der Waals surface area contributed by atoms with Crippen LogP contribution in [0.4, 0.5) is 0 Å². The normalized spacial score (nSPS) is 28.6. The van der Waals surface area contributed by atoms with E-state index in [4.69, 9.17) is 0 Å². The number of thiophene rings is 1. The van der Waals surface area contributed by atoms with Crippen LogP contribution in [0.2, 0.25) is 0 Å². The van der Waals surface area contributed by atoms with E-state index in [-0.39, 0.29) is 5.54 Å². The maximum Gasteiger partial charge on any atom is 0.150 e. The first-order chi connectivity index (χ1) is 10.3. The summed E-state index contributed by atoms with van der Waals surface area (Å²) in [4.78, 5) is 5.72. The maximum atomic E-state index is 9.63. The quantitative estimate of drug-likeness (QED) is 0.941. The van der Waals surface area contributed by atoms with Crippen molar-refractivity contribution in [1.82, 2.24) is 14.9 Å². The minimum absolute atomic E-state index is 0.331. The Balaban J connectivity index is 1.58. The minimum Gasteiger partial charge on any atom is -0.327 e. The van der Waals surface area contributed by atoms with Crippen LogP contribution in [0, 0.1) is 11.3 Å². The van der Waals surface area contributed by atoms with Gasteiger partial charge in [0, 0.05) is 24.5 Å². The fraction of sp³-hybridized carbons (Fsp3) is 0.500. The van der Waals surface area contributed by atoms with Crippen LogP contribution in [0.25, 0.3) is 10.7 Å². The lowest BCUT2D eigenvalue weighted by Gasteiger charge is -2.23. The molecule has 2 aromatic heterocycles. The van der Waals surface area contributed by atoms with Gasteiger partial charge in [-0.3, -0.25) is 5.32 Å². The topological polar surface area (TPSA) is 53.6 Å². The van der Waals surface area contributed by atoms with Crippen LogP contribution < -0.4 is 5.32 Å². The molecule has 2 unspecified atom stereocenters. The predicted octanol–water partition coefficient (Wildman–Crippen LogP) is 3.35. The average Bonchev–Trinajstić information content (AvgIpc) is 2.95. The van der Waals surface area contributed by atoms with Crippen molar-refractivity contribution in [1.29, 1.82) is 5.26 Å². The van der Waals surface area contributed by atoms with E-state index in [2.05, 4.69) is 44.6 Å². The van der Waals surface area contributed by atoms with Crippen LogP contribution in [0.3, 0.4) is 0 Å². The lowest BCUT2D eigenvalue weighted by Crippen LogP contribution is -2.43. The van der Waals surface area contributed by atoms with E-state index >= 15 is 0 Å². The van der Waals surface area contributed by atoms with Crippen LogP contribution in [0.1, 0.15) is 38.1 Å². The second kappa shape index (κ2) is 4.97. The van der Waals surface area contributed by atoms with E-state index in [0.717, 1.165) is 25.1 Å². The Bertz CT molecular complexity index is 665. The first-order valence-corrected chi connectivity index (χ1v) is 8.43. The number of hydrogen-bond donors (Lipinski definition) is 1. The number of nitriles is 1. The number of aromatic nitrogens is 2. The van der Waals surface area contributed by atoms with Crippen molar-refractivity contribution in [3.05, 3.63) is 29.9 Å². The summed E-state index contributed by atoms with van der Waals surface area (Å²) in [6.45, 7) is 0. The van der Waals surface area contributed by atoms with Crippen molar-refractivity contribution in [3.8, 4) is 16.8 Å². The molecular weight excluding hydrogens is 280 g/mol. The number of imidazole rings is 1. The Morgan fingerprint density at radius 2 is 2.33 bits per heavy atom. The largest absolute Gasteiger partial charge is 0.327 e. The Morgan fingerprint density at radius 3 is 3.05 bits per heavy atom. The highest BCUT2D eigenvalue weighted by atomic mass is 32.1. The van der Waals surface area contributed by atoms with Crippen molar-refractivity contribution in [2.45, 2.75) is 49.7 Å². The Hall–Kier alpha value is -1.64. The molecule has 21 heavy (non-hydrogen) atoms. The number of nitrogens with zero attached hydrogens (tertiary/aromatic N) is 3. The second-order valence-electron chi connectivity index (χ2n) is 6.14. The predicted molar refractivity (Wildman–Crippen MR) is 82.9 cm³/mol. The van der Waals surface area contributed by atoms with Crippen LogP contribution in [-0.2, 0) is 0 Å². The average molecular weight is 298 g/mol. The Labute approximate surface area is 128 Å². The third kappa shape index (κ3) is 2.39. The van der Waals surface area contributed by atoms with Crippen molar-refractivity contribution in [2.24, 2.45) is 0 Å². The van der Waals surface area contributed by atoms with Crippen molar-refractivity contribution in [2.75, 3.05) is 0 Å². The molecule has 4 rings (SSSR count). The molecule has 2 saturated carbocycles. The summed E-state index contributed by atoms with van der Waals surface area (Å²) >= 11 is 1.72. The van der Waals surface area contributed by atoms with Gasteiger partial charge in [0.1, 0.15) is 11.4 Å². The fourth-order valence-electron chi connectivity index (χ4n) is 3.34. The molecule has 4 nitrogen and oxygen atoms in total. The molecule has 1 N–H and O–H groups in total. The lowest BCUT2D eigenvalue weighted by atomic mass is 9.99. The van der Waals surface area contributed by atoms with Crippen molar-refractivity contribution >= 4 is 11.3 Å². The van der Waals surface area contributed by atoms with Gasteiger partial charge >= 0.3 is 0 Å². The fourth-order valence-corrected chi connectivity index (χ4v) is 4.07. The van der Waals surface area contributed by atoms with Gasteiger partial charge in [0.2, 0.25) is 0 Å². The van der Waals surface area contributed by atoms with E-state index in [9.17, 15) is 5.26 Å². The van der Waals surface area contributed by atoms with Gasteiger partial charge in [-0.15, -0.1) is 11.3 Å². The molecule has 2 aromatic rings. The molecule has 0 radical (unpaired) electrons. The summed E-state index contributed by atoms with van der Waals surface area (Å²) in [7, 11) is 0. The summed E-state index contributed by atoms with van der Waals surface area (Å²) in [5.74, 6) is 1.04. The van der Waals surface area contributed by atoms with Gasteiger partial charge in [-0.05, 0) is 43.6 Å². The number of rotatable bonds is 4. The Morgan fingerprint density at radius 1 is 1.43 bits per heavy atom. The summed E-state index contributed by atoms with van der Waals surface area (Å²) in [5, 5.41) is 15.3. The molecular formula is C16H18N4S. The molecule has 0 spiro atoms. The monoisotopic (exact) mass is 298 g/mol. The van der Waals surface area contributed by atoms with Crippen LogP contribution in [-0.4, -0.2) is 21.1 Å². The first kappa shape index (κ1) is 13.1. The smallest absolute Gasteiger partial charge is 0.150 e. The molecule has 2 aliphatic rings. The number of nitrogens with one attached hydrogen (secondary N) is 1. The second-order valence-corrected chi connectivity index (χ2v) is 7.09. The molecule has 2 fully saturated rings. The summed E-state index contributed by atoms with van der Waals surface area (Å²) in [6, 6.07) is 7.66. The molecule has 2 atom stereocenters. The molecule has 5 heteroatoms. The minimum atomic E-state index is -0.331. The zero-order chi connectivity index (χ0) is 14.3. The molecule has 2 aliphatic carbocycles. The van der Waals surface area contributed by atoms with E-state index in [1.165, 1.54) is 17.7 Å². The molecule has 0 aromatic carbocycles. The van der Waals surface area contributed by atoms with Crippen molar-refractivity contribution < 1.29 is 0 Å². The molecule has 0 amide bonds. The zero-order valence-corrected chi connectivity index (χ0v) is 12.6. The molecule has 108 valence electrons. The summed E-state index contributed by atoms with van der Waals surface area (Å²) in [5.41, 5.74) is -0.331. The van der Waals surface area contributed by atoms with Crippen LogP contribution in [0.15, 0.2) is 29.9 Å². The van der Waals surface area contributed by atoms with Crippen molar-refractivity contribution in [3.63, 3.8) is 0 Å². The molecule has 0 saturated heterocycles. The molecule has 2 heterocycles. The maximum absolute atomic E-state index is 9.63. The van der Waals surface area contributed by atoms with Gasteiger partial charge in [0.25, 0.3) is 0 Å². The molecule has 0 bridgehead atoms. The van der Waals surface area contributed by atoms with Gasteiger partial charge in [-0.25, -0.2) is 4.98 Å². The van der Waals surface area contributed by atoms with Crippen LogP contribution >= 0.6 is 11.3 Å². The van der Waals surface area contributed by atoms with E-state index < -0.39 is 0 Å². The third-order valence-corrected chi connectivity index (χ3v) is 5.43. The molecule has 0 aliphatic heterocycles. The van der Waals surface area contributed by atoms with E-state index in [1.54, 1.807) is 11.3 Å². The van der Waals surface area contributed by atoms with Gasteiger partial charge in [0.05, 0.1) is 10.9 Å². The van der Waals surface area contributed by atoms with Gasteiger partial charge in [-0.1, -0.05) is 6.07 Å². The van der Waals surface area contributed by atoms with E-state index in [1.807, 2.05) is 6.20 Å². The highest BCUT2D eigenvalue weighted by molar-refractivity contribution is 7.13. The SMILES string of the molecule is N#CC1(NC2CC2)CCC(n2ccnc2-c2cccs2)C1. The lowest BCUT2D eigenvalue weighted by molar-refractivity contribution is 0.397.